The fraction of sp³-hybridized carbons (Fsp3) is 0.820. The second kappa shape index (κ2) is 25.0. The van der Waals surface area contributed by atoms with E-state index in [4.69, 9.17) is 33.2 Å². The second-order valence-electron chi connectivity index (χ2n) is 21.1. The van der Waals surface area contributed by atoms with Crippen molar-refractivity contribution in [1.29, 1.82) is 0 Å². The van der Waals surface area contributed by atoms with Gasteiger partial charge >= 0.3 is 5.97 Å². The fourth-order valence-electron chi connectivity index (χ4n) is 10.6. The summed E-state index contributed by atoms with van der Waals surface area (Å²) >= 11 is 2.22. The van der Waals surface area contributed by atoms with Crippen molar-refractivity contribution in [1.82, 2.24) is 24.8 Å². The molecule has 3 aliphatic rings. The summed E-state index contributed by atoms with van der Waals surface area (Å²) in [6, 6.07) is 5.92. The van der Waals surface area contributed by atoms with Crippen LogP contribution in [0.5, 0.6) is 0 Å². The van der Waals surface area contributed by atoms with Gasteiger partial charge in [-0.1, -0.05) is 31.2 Å². The quantitative estimate of drug-likeness (QED) is 0.124. The summed E-state index contributed by atoms with van der Waals surface area (Å²) in [6.45, 7) is 15.7. The fourth-order valence-corrected chi connectivity index (χ4v) is 10.9. The van der Waals surface area contributed by atoms with E-state index in [0.717, 1.165) is 9.13 Å². The Balaban J connectivity index is 1.42. The largest absolute Gasteiger partial charge is 0.459 e. The Morgan fingerprint density at radius 1 is 0.986 bits per heavy atom. The molecule has 19 atom stereocenters. The molecule has 18 nitrogen and oxygen atoms in total. The van der Waals surface area contributed by atoms with Crippen molar-refractivity contribution < 1.29 is 67.9 Å². The SMILES string of the molecule is CC[C@H]1OC(=O)[C@H](C)[C@@H](O[C@H]2C[C@@](C)(OC)[C@@H](O)[C@H](C)O2)C[C@@H](O[C@@H]2O[C@H](C)C[C@H](N(C)CCc3cn([C@H](CF)[C@H](OC)c4ccc(I)cc4)nn3)[C@H]2O)[C@](C)(O)C[C@@H](C)CN(C)[C@H](C)[C@@H](O)[C@]1(C)O. The average molecular weight is 1110 g/mol. The van der Waals surface area contributed by atoms with Crippen LogP contribution in [-0.2, 0) is 44.4 Å². The van der Waals surface area contributed by atoms with Gasteiger partial charge in [0, 0.05) is 68.4 Å². The topological polar surface area (TPSA) is 220 Å². The average Bonchev–Trinajstić information content (AvgIpc) is 3.78. The Kier molecular flexibility index (Phi) is 21.0. The van der Waals surface area contributed by atoms with Crippen molar-refractivity contribution in [2.45, 2.75) is 203 Å². The highest BCUT2D eigenvalue weighted by atomic mass is 127. The molecule has 4 heterocycles. The van der Waals surface area contributed by atoms with E-state index in [1.807, 2.05) is 62.0 Å². The molecule has 0 spiro atoms. The number of halogens is 2. The molecule has 1 aromatic carbocycles. The first-order chi connectivity index (χ1) is 32.8. The molecule has 0 radical (unpaired) electrons. The molecular weight excluding hydrogens is 1020 g/mol. The summed E-state index contributed by atoms with van der Waals surface area (Å²) in [5.74, 6) is -1.98. The lowest BCUT2D eigenvalue weighted by atomic mass is 9.83. The van der Waals surface area contributed by atoms with Crippen LogP contribution in [0.1, 0.15) is 118 Å². The number of aliphatic hydroxyl groups is 5. The van der Waals surface area contributed by atoms with Gasteiger partial charge in [-0.15, -0.1) is 5.10 Å². The summed E-state index contributed by atoms with van der Waals surface area (Å²) < 4.78 is 60.8. The Morgan fingerprint density at radius 2 is 1.66 bits per heavy atom. The molecule has 0 aliphatic carbocycles. The molecule has 0 bridgehead atoms. The maximum atomic E-state index is 14.6. The van der Waals surface area contributed by atoms with E-state index < -0.39 is 115 Å². The number of carbonyl (C=O) groups excluding carboxylic acids is 1. The van der Waals surface area contributed by atoms with Crippen molar-refractivity contribution in [3.63, 3.8) is 0 Å². The number of benzene rings is 1. The highest BCUT2D eigenvalue weighted by molar-refractivity contribution is 14.1. The molecule has 0 saturated carbocycles. The maximum absolute atomic E-state index is 14.6. The summed E-state index contributed by atoms with van der Waals surface area (Å²) in [6.07, 6.45) is -7.73. The van der Waals surface area contributed by atoms with Gasteiger partial charge in [-0.3, -0.25) is 4.79 Å². The first kappa shape index (κ1) is 58.9. The Morgan fingerprint density at radius 3 is 2.27 bits per heavy atom. The molecule has 0 amide bonds. The number of hydrogen-bond donors (Lipinski definition) is 5. The van der Waals surface area contributed by atoms with Gasteiger partial charge in [-0.2, -0.15) is 0 Å². The molecule has 5 rings (SSSR count). The van der Waals surface area contributed by atoms with E-state index in [1.54, 1.807) is 54.8 Å². The summed E-state index contributed by atoms with van der Waals surface area (Å²) in [5.41, 5.74) is -3.08. The summed E-state index contributed by atoms with van der Waals surface area (Å²) in [4.78, 5) is 18.3. The minimum absolute atomic E-state index is 0.0958. The third-order valence-electron chi connectivity index (χ3n) is 15.3. The van der Waals surface area contributed by atoms with Crippen LogP contribution in [0, 0.1) is 15.4 Å². The molecule has 3 fully saturated rings. The number of methoxy groups -OCH3 is 2. The van der Waals surface area contributed by atoms with Gasteiger partial charge in [0.15, 0.2) is 12.6 Å². The first-order valence-corrected chi connectivity index (χ1v) is 25.9. The van der Waals surface area contributed by atoms with Crippen LogP contribution in [0.2, 0.25) is 0 Å². The van der Waals surface area contributed by atoms with E-state index in [2.05, 4.69) is 32.9 Å². The van der Waals surface area contributed by atoms with Crippen molar-refractivity contribution in [3.8, 4) is 0 Å². The summed E-state index contributed by atoms with van der Waals surface area (Å²) in [7, 11) is 6.75. The zero-order valence-electron chi connectivity index (χ0n) is 43.5. The molecule has 70 heavy (non-hydrogen) atoms. The van der Waals surface area contributed by atoms with Crippen LogP contribution in [-0.4, -0.2) is 195 Å². The number of rotatable bonds is 15. The van der Waals surface area contributed by atoms with Gasteiger partial charge in [0.1, 0.15) is 48.8 Å². The van der Waals surface area contributed by atoms with Gasteiger partial charge < -0.3 is 68.5 Å². The second-order valence-corrected chi connectivity index (χ2v) is 22.3. The Labute approximate surface area is 427 Å². The number of cyclic esters (lactones) is 1. The minimum Gasteiger partial charge on any atom is -0.459 e. The minimum atomic E-state index is -1.84. The monoisotopic (exact) mass is 1110 g/mol. The molecule has 1 aromatic heterocycles. The number of alkyl halides is 1. The number of ether oxygens (including phenoxy) is 7. The van der Waals surface area contributed by atoms with Crippen LogP contribution in [0.15, 0.2) is 30.5 Å². The van der Waals surface area contributed by atoms with Gasteiger partial charge in [0.2, 0.25) is 0 Å². The molecule has 20 heteroatoms. The van der Waals surface area contributed by atoms with E-state index in [-0.39, 0.29) is 37.7 Å². The molecule has 400 valence electrons. The van der Waals surface area contributed by atoms with E-state index in [9.17, 15) is 34.7 Å². The highest BCUT2D eigenvalue weighted by Crippen LogP contribution is 2.39. The number of aliphatic hydroxyl groups excluding tert-OH is 3. The molecule has 5 N–H and O–H groups in total. The zero-order chi connectivity index (χ0) is 52.0. The predicted molar refractivity (Wildman–Crippen MR) is 266 cm³/mol. The third kappa shape index (κ3) is 14.0. The Bertz CT molecular complexity index is 1940. The van der Waals surface area contributed by atoms with Crippen LogP contribution >= 0.6 is 22.6 Å². The number of carbonyl (C=O) groups is 1. The van der Waals surface area contributed by atoms with Crippen LogP contribution < -0.4 is 0 Å². The number of hydrogen-bond acceptors (Lipinski definition) is 17. The number of esters is 1. The molecule has 3 aliphatic heterocycles. The zero-order valence-corrected chi connectivity index (χ0v) is 45.6. The lowest BCUT2D eigenvalue weighted by molar-refractivity contribution is -0.308. The van der Waals surface area contributed by atoms with Crippen LogP contribution in [0.4, 0.5) is 4.39 Å². The van der Waals surface area contributed by atoms with Crippen molar-refractivity contribution in [3.05, 3.63) is 45.3 Å². The van der Waals surface area contributed by atoms with Crippen LogP contribution in [0.3, 0.4) is 0 Å². The highest BCUT2D eigenvalue weighted by Gasteiger charge is 2.51. The maximum Gasteiger partial charge on any atom is 0.311 e. The Hall–Kier alpha value is -2.03. The lowest BCUT2D eigenvalue weighted by Gasteiger charge is -2.47. The third-order valence-corrected chi connectivity index (χ3v) is 16.0. The summed E-state index contributed by atoms with van der Waals surface area (Å²) in [5, 5.41) is 68.0. The molecule has 2 aromatic rings. The van der Waals surface area contributed by atoms with Crippen molar-refractivity contribution in [2.75, 3.05) is 48.1 Å². The van der Waals surface area contributed by atoms with Crippen molar-refractivity contribution >= 4 is 28.6 Å². The van der Waals surface area contributed by atoms with Gasteiger partial charge in [0.25, 0.3) is 0 Å². The lowest BCUT2D eigenvalue weighted by Crippen LogP contribution is -2.59. The van der Waals surface area contributed by atoms with Gasteiger partial charge in [-0.25, -0.2) is 9.07 Å². The van der Waals surface area contributed by atoms with Crippen molar-refractivity contribution in [2.24, 2.45) is 11.8 Å². The number of likely N-dealkylation sites (N-methyl/N-ethyl adjacent to an activating group) is 2. The van der Waals surface area contributed by atoms with Gasteiger partial charge in [0.05, 0.1) is 47.2 Å². The normalized spacial score (nSPS) is 39.8. The number of aromatic nitrogens is 3. The van der Waals surface area contributed by atoms with E-state index >= 15 is 0 Å². The predicted octanol–water partition coefficient (Wildman–Crippen LogP) is 4.36. The first-order valence-electron chi connectivity index (χ1n) is 24.8. The molecular formula is C50H83FIN5O13. The van der Waals surface area contributed by atoms with E-state index in [0.29, 0.717) is 31.6 Å². The molecule has 3 saturated heterocycles. The van der Waals surface area contributed by atoms with Crippen LogP contribution in [0.25, 0.3) is 0 Å². The van der Waals surface area contributed by atoms with Gasteiger partial charge in [-0.05, 0) is 128 Å². The molecule has 0 unspecified atom stereocenters. The number of nitrogens with zero attached hydrogens (tertiary/aromatic N) is 5. The van der Waals surface area contributed by atoms with E-state index in [1.165, 1.54) is 18.7 Å². The standard InChI is InChI=1S/C50H83FIN5O13/c1-14-39-50(9,63)44(59)31(5)56(11)26-28(2)23-48(7,62)40(22-38(30(4)46(61)69-39)68-41-24-49(8,65-13)45(60)32(6)67-41)70-47-42(58)36(21-29(3)66-47)55(10)20-19-35-27-57(54-53-35)37(25-51)43(64-12)33-15-17-34(52)18-16-33/h15-18,27-32,36-45,47,58-60,62-63H,14,19-26H2,1-13H3/t28-,29-,30-,31-,32+,36+,37-,38+,39-,40-,41+,42-,43-,44-,45+,47+,48-,49-,50-/m1/s1. The smallest absolute Gasteiger partial charge is 0.311 e.